The van der Waals surface area contributed by atoms with Gasteiger partial charge in [0.05, 0.1) is 11.3 Å². The highest BCUT2D eigenvalue weighted by atomic mass is 16.3. The van der Waals surface area contributed by atoms with Gasteiger partial charge in [0.15, 0.2) is 0 Å². The van der Waals surface area contributed by atoms with Crippen LogP contribution in [0.3, 0.4) is 0 Å². The lowest BCUT2D eigenvalue weighted by atomic mass is 9.89. The van der Waals surface area contributed by atoms with E-state index >= 15 is 0 Å². The van der Waals surface area contributed by atoms with Gasteiger partial charge in [-0.3, -0.25) is 19.5 Å². The molecule has 1 aromatic heterocycles. The lowest BCUT2D eigenvalue weighted by Gasteiger charge is -2.25. The minimum absolute atomic E-state index is 0.0659. The average molecular weight is 454 g/mol. The predicted octanol–water partition coefficient (Wildman–Crippen LogP) is 4.65. The first kappa shape index (κ1) is 21.9. The van der Waals surface area contributed by atoms with Crippen molar-refractivity contribution in [1.82, 2.24) is 4.98 Å². The van der Waals surface area contributed by atoms with Crippen molar-refractivity contribution < 1.29 is 14.7 Å². The van der Waals surface area contributed by atoms with E-state index in [1.807, 2.05) is 67.5 Å². The van der Waals surface area contributed by atoms with Crippen molar-refractivity contribution in [3.8, 4) is 0 Å². The van der Waals surface area contributed by atoms with E-state index in [-0.39, 0.29) is 11.3 Å². The molecule has 3 aromatic rings. The van der Waals surface area contributed by atoms with Crippen molar-refractivity contribution in [3.63, 3.8) is 0 Å². The monoisotopic (exact) mass is 453 g/mol. The van der Waals surface area contributed by atoms with Crippen LogP contribution in [0.2, 0.25) is 0 Å². The third-order valence-electron chi connectivity index (χ3n) is 6.68. The number of ketones is 1. The fourth-order valence-corrected chi connectivity index (χ4v) is 4.86. The molecular weight excluding hydrogens is 426 g/mol. The Hall–Kier alpha value is -3.93. The minimum atomic E-state index is -0.817. The van der Waals surface area contributed by atoms with E-state index in [0.717, 1.165) is 31.4 Å². The number of rotatable bonds is 4. The second-order valence-electron chi connectivity index (χ2n) is 9.03. The van der Waals surface area contributed by atoms with E-state index in [4.69, 9.17) is 0 Å². The van der Waals surface area contributed by atoms with Crippen LogP contribution in [0.4, 0.5) is 11.4 Å². The Morgan fingerprint density at radius 2 is 1.71 bits per heavy atom. The van der Waals surface area contributed by atoms with Gasteiger partial charge in [-0.05, 0) is 79.3 Å². The molecule has 1 aliphatic carbocycles. The molecule has 0 bridgehead atoms. The molecule has 2 aliphatic rings. The number of aryl methyl sites for hydroxylation is 2. The number of aliphatic hydroxyl groups excluding tert-OH is 1. The van der Waals surface area contributed by atoms with E-state index in [9.17, 15) is 14.7 Å². The number of fused-ring (bicyclic) bond motifs is 1. The summed E-state index contributed by atoms with van der Waals surface area (Å²) < 4.78 is 0. The predicted molar refractivity (Wildman–Crippen MR) is 133 cm³/mol. The van der Waals surface area contributed by atoms with Crippen LogP contribution in [0.25, 0.3) is 5.76 Å². The van der Waals surface area contributed by atoms with Crippen LogP contribution in [0, 0.1) is 0 Å². The van der Waals surface area contributed by atoms with Gasteiger partial charge in [-0.2, -0.15) is 0 Å². The van der Waals surface area contributed by atoms with Crippen LogP contribution in [-0.2, 0) is 22.4 Å². The van der Waals surface area contributed by atoms with Crippen molar-refractivity contribution >= 4 is 28.8 Å². The Kier molecular flexibility index (Phi) is 5.65. The van der Waals surface area contributed by atoms with Crippen LogP contribution in [-0.4, -0.2) is 35.9 Å². The van der Waals surface area contributed by atoms with Gasteiger partial charge in [0.1, 0.15) is 11.8 Å². The molecule has 0 spiro atoms. The first-order valence-electron chi connectivity index (χ1n) is 11.6. The van der Waals surface area contributed by atoms with Crippen LogP contribution < -0.4 is 9.80 Å². The maximum atomic E-state index is 13.3. The molecule has 1 fully saturated rings. The number of hydrogen-bond acceptors (Lipinski definition) is 5. The van der Waals surface area contributed by atoms with Gasteiger partial charge in [-0.25, -0.2) is 0 Å². The number of nitrogens with zero attached hydrogens (tertiary/aromatic N) is 3. The largest absolute Gasteiger partial charge is 0.507 e. The highest BCUT2D eigenvalue weighted by Crippen LogP contribution is 2.42. The molecule has 1 amide bonds. The maximum absolute atomic E-state index is 13.3. The Balaban J connectivity index is 1.65. The molecule has 1 aliphatic heterocycles. The summed E-state index contributed by atoms with van der Waals surface area (Å²) in [7, 11) is 3.88. The first-order valence-corrected chi connectivity index (χ1v) is 11.6. The highest BCUT2D eigenvalue weighted by molar-refractivity contribution is 6.51. The summed E-state index contributed by atoms with van der Waals surface area (Å²) in [6.07, 6.45) is 5.88. The van der Waals surface area contributed by atoms with Crippen molar-refractivity contribution in [1.29, 1.82) is 0 Å². The number of Topliss-reactive ketones (excluding diaryl/α,β-unsaturated/α-hetero) is 1. The lowest BCUT2D eigenvalue weighted by molar-refractivity contribution is -0.132. The fourth-order valence-electron chi connectivity index (χ4n) is 4.86. The Labute approximate surface area is 199 Å². The third kappa shape index (κ3) is 3.75. The number of hydrogen-bond donors (Lipinski definition) is 1. The van der Waals surface area contributed by atoms with Gasteiger partial charge >= 0.3 is 0 Å². The number of carbonyl (C=O) groups is 2. The summed E-state index contributed by atoms with van der Waals surface area (Å²) in [5, 5.41) is 11.4. The summed E-state index contributed by atoms with van der Waals surface area (Å²) in [4.78, 5) is 34.4. The van der Waals surface area contributed by atoms with Gasteiger partial charge in [0.2, 0.25) is 0 Å². The fraction of sp³-hybridized carbons (Fsp3) is 0.250. The van der Waals surface area contributed by atoms with E-state index in [2.05, 4.69) is 4.98 Å². The van der Waals surface area contributed by atoms with E-state index in [0.29, 0.717) is 16.9 Å². The quantitative estimate of drug-likeness (QED) is 0.354. The summed E-state index contributed by atoms with van der Waals surface area (Å²) in [6.45, 7) is 0. The zero-order chi connectivity index (χ0) is 23.8. The number of pyridine rings is 1. The summed E-state index contributed by atoms with van der Waals surface area (Å²) in [6, 6.07) is 17.8. The number of aliphatic hydroxyl groups is 1. The van der Waals surface area contributed by atoms with Crippen molar-refractivity contribution in [2.24, 2.45) is 0 Å². The molecule has 5 rings (SSSR count). The molecule has 172 valence electrons. The molecule has 1 N–H and O–H groups in total. The topological polar surface area (TPSA) is 73.7 Å². The Morgan fingerprint density at radius 1 is 0.971 bits per heavy atom. The molecule has 34 heavy (non-hydrogen) atoms. The van der Waals surface area contributed by atoms with Gasteiger partial charge < -0.3 is 10.0 Å². The third-order valence-corrected chi connectivity index (χ3v) is 6.68. The minimum Gasteiger partial charge on any atom is -0.507 e. The lowest BCUT2D eigenvalue weighted by Crippen LogP contribution is -2.29. The summed E-state index contributed by atoms with van der Waals surface area (Å²) in [5.74, 6) is -1.54. The number of anilines is 2. The molecule has 2 heterocycles. The average Bonchev–Trinajstić information content (AvgIpc) is 3.14. The number of aromatic nitrogens is 1. The molecule has 2 aromatic carbocycles. The maximum Gasteiger partial charge on any atom is 0.300 e. The highest BCUT2D eigenvalue weighted by Gasteiger charge is 2.47. The van der Waals surface area contributed by atoms with Crippen molar-refractivity contribution in [3.05, 3.63) is 94.8 Å². The first-order chi connectivity index (χ1) is 16.5. The molecular formula is C28H27N3O3. The number of amides is 1. The molecule has 6 heteroatoms. The number of benzene rings is 2. The zero-order valence-corrected chi connectivity index (χ0v) is 19.4. The second kappa shape index (κ2) is 8.78. The molecule has 1 atom stereocenters. The summed E-state index contributed by atoms with van der Waals surface area (Å²) in [5.41, 5.74) is 5.18. The number of carbonyl (C=O) groups excluding carboxylic acids is 2. The van der Waals surface area contributed by atoms with E-state index in [1.54, 1.807) is 18.3 Å². The van der Waals surface area contributed by atoms with Gasteiger partial charge in [0.25, 0.3) is 11.7 Å². The smallest absolute Gasteiger partial charge is 0.300 e. The van der Waals surface area contributed by atoms with Gasteiger partial charge in [-0.15, -0.1) is 0 Å². The second-order valence-corrected chi connectivity index (χ2v) is 9.03. The molecule has 1 saturated heterocycles. The van der Waals surface area contributed by atoms with Crippen LogP contribution >= 0.6 is 0 Å². The van der Waals surface area contributed by atoms with Crippen LogP contribution in [0.1, 0.15) is 41.3 Å². The van der Waals surface area contributed by atoms with Gasteiger partial charge in [0, 0.05) is 37.2 Å². The molecule has 0 saturated carbocycles. The molecule has 6 nitrogen and oxygen atoms in total. The zero-order valence-electron chi connectivity index (χ0n) is 19.4. The Bertz CT molecular complexity index is 1280. The standard InChI is InChI=1S/C28H27N3O3/c1-30(2)21-12-14-22(15-13-21)31-25(23-9-5-6-16-29-23)24(27(33)28(31)34)26(32)20-11-10-18-7-3-4-8-19(18)17-20/h5-6,9-17,25,32H,3-4,7-8H2,1-2H3/b26-24-. The van der Waals surface area contributed by atoms with Crippen molar-refractivity contribution in [2.75, 3.05) is 23.9 Å². The Morgan fingerprint density at radius 3 is 2.38 bits per heavy atom. The van der Waals surface area contributed by atoms with E-state index in [1.165, 1.54) is 16.0 Å². The normalized spacial score (nSPS) is 19.2. The summed E-state index contributed by atoms with van der Waals surface area (Å²) >= 11 is 0. The van der Waals surface area contributed by atoms with Gasteiger partial charge in [-0.1, -0.05) is 18.2 Å². The van der Waals surface area contributed by atoms with Crippen LogP contribution in [0.15, 0.2) is 72.4 Å². The van der Waals surface area contributed by atoms with E-state index < -0.39 is 17.7 Å². The SMILES string of the molecule is CN(C)c1ccc(N2C(=O)C(=O)/C(=C(\O)c3ccc4c(c3)CCCC4)C2c2ccccn2)cc1. The van der Waals surface area contributed by atoms with Crippen molar-refractivity contribution in [2.45, 2.75) is 31.7 Å². The van der Waals surface area contributed by atoms with Crippen LogP contribution in [0.5, 0.6) is 0 Å². The molecule has 1 unspecified atom stereocenters. The molecule has 0 radical (unpaired) electrons.